The van der Waals surface area contributed by atoms with Crippen molar-refractivity contribution in [3.8, 4) is 0 Å². The molecule has 0 aromatic heterocycles. The van der Waals surface area contributed by atoms with Crippen LogP contribution < -0.4 is 10.2 Å². The summed E-state index contributed by atoms with van der Waals surface area (Å²) in [4.78, 5) is 36.9. The van der Waals surface area contributed by atoms with Crippen LogP contribution in [0.5, 0.6) is 0 Å². The maximum absolute atomic E-state index is 12.8. The lowest BCUT2D eigenvalue weighted by Crippen LogP contribution is -2.57. The zero-order valence-electron chi connectivity index (χ0n) is 14.4. The molecule has 24 heavy (non-hydrogen) atoms. The number of amides is 2. The van der Waals surface area contributed by atoms with Gasteiger partial charge in [0, 0.05) is 23.2 Å². The van der Waals surface area contributed by atoms with Gasteiger partial charge in [-0.3, -0.25) is 20.2 Å². The summed E-state index contributed by atoms with van der Waals surface area (Å²) in [5.41, 5.74) is -0.804. The highest BCUT2D eigenvalue weighted by Gasteiger charge is 2.55. The average Bonchev–Trinajstić information content (AvgIpc) is 2.58. The second kappa shape index (κ2) is 5.77. The first-order chi connectivity index (χ1) is 11.0. The van der Waals surface area contributed by atoms with Gasteiger partial charge in [-0.25, -0.2) is 4.79 Å². The molecular formula is C16H21N3O5. The SMILES string of the molecule is Cc1ccc2c(c1)[C@](C[N+](=O)[O-])(NC(=O)OC(C)(C)C)C(=O)N2C. The Kier molecular flexibility index (Phi) is 4.26. The highest BCUT2D eigenvalue weighted by Crippen LogP contribution is 2.40. The molecule has 2 rings (SSSR count). The number of alkyl carbamates (subject to hydrolysis) is 1. The molecule has 1 aromatic carbocycles. The van der Waals surface area contributed by atoms with E-state index in [1.807, 2.05) is 6.92 Å². The number of carbonyl (C=O) groups excluding carboxylic acids is 2. The number of benzene rings is 1. The van der Waals surface area contributed by atoms with Crippen LogP contribution in [0.2, 0.25) is 0 Å². The second-order valence-corrected chi connectivity index (χ2v) is 6.91. The first kappa shape index (κ1) is 17.7. The van der Waals surface area contributed by atoms with Gasteiger partial charge < -0.3 is 9.64 Å². The van der Waals surface area contributed by atoms with Gasteiger partial charge in [0.25, 0.3) is 5.91 Å². The molecule has 0 saturated carbocycles. The molecule has 1 N–H and O–H groups in total. The van der Waals surface area contributed by atoms with Gasteiger partial charge in [0.1, 0.15) is 5.60 Å². The van der Waals surface area contributed by atoms with Crippen LogP contribution in [0.4, 0.5) is 10.5 Å². The van der Waals surface area contributed by atoms with Crippen LogP contribution >= 0.6 is 0 Å². The van der Waals surface area contributed by atoms with Gasteiger partial charge in [-0.05, 0) is 33.8 Å². The van der Waals surface area contributed by atoms with E-state index in [9.17, 15) is 19.7 Å². The molecule has 8 heteroatoms. The maximum atomic E-state index is 12.8. The van der Waals surface area contributed by atoms with Crippen molar-refractivity contribution in [2.45, 2.75) is 38.8 Å². The summed E-state index contributed by atoms with van der Waals surface area (Å²) in [6, 6.07) is 5.19. The minimum atomic E-state index is -1.78. The van der Waals surface area contributed by atoms with Crippen LogP contribution in [-0.2, 0) is 15.1 Å². The van der Waals surface area contributed by atoms with E-state index in [-0.39, 0.29) is 0 Å². The predicted octanol–water partition coefficient (Wildman–Crippen LogP) is 1.97. The fraction of sp³-hybridized carbons (Fsp3) is 0.500. The zero-order valence-corrected chi connectivity index (χ0v) is 14.4. The number of nitrogens with one attached hydrogen (secondary N) is 1. The van der Waals surface area contributed by atoms with Gasteiger partial charge >= 0.3 is 6.09 Å². The van der Waals surface area contributed by atoms with Crippen molar-refractivity contribution < 1.29 is 19.2 Å². The van der Waals surface area contributed by atoms with Crippen molar-refractivity contribution >= 4 is 17.7 Å². The number of ether oxygens (including phenoxy) is 1. The Labute approximate surface area is 139 Å². The summed E-state index contributed by atoms with van der Waals surface area (Å²) in [5.74, 6) is -0.564. The summed E-state index contributed by atoms with van der Waals surface area (Å²) in [6.45, 7) is 6.08. The monoisotopic (exact) mass is 335 g/mol. The number of nitro groups is 1. The number of nitrogens with zero attached hydrogens (tertiary/aromatic N) is 2. The van der Waals surface area contributed by atoms with Crippen molar-refractivity contribution in [3.63, 3.8) is 0 Å². The molecule has 1 atom stereocenters. The third-order valence-electron chi connectivity index (χ3n) is 3.72. The number of anilines is 1. The average molecular weight is 335 g/mol. The van der Waals surface area contributed by atoms with E-state index in [4.69, 9.17) is 4.74 Å². The van der Waals surface area contributed by atoms with Crippen LogP contribution in [0.1, 0.15) is 31.9 Å². The third-order valence-corrected chi connectivity index (χ3v) is 3.72. The predicted molar refractivity (Wildman–Crippen MR) is 87.5 cm³/mol. The quantitative estimate of drug-likeness (QED) is 0.672. The maximum Gasteiger partial charge on any atom is 0.408 e. The van der Waals surface area contributed by atoms with E-state index >= 15 is 0 Å². The molecule has 0 bridgehead atoms. The fourth-order valence-electron chi connectivity index (χ4n) is 2.78. The standard InChI is InChI=1S/C16H21N3O5/c1-10-6-7-12-11(8-10)16(9-19(22)23,13(20)18(12)5)17-14(21)24-15(2,3)4/h6-8H,9H2,1-5H3,(H,17,21)/t16-/m0/s1. The van der Waals surface area contributed by atoms with Gasteiger partial charge in [0.2, 0.25) is 12.1 Å². The van der Waals surface area contributed by atoms with Crippen LogP contribution in [0.25, 0.3) is 0 Å². The molecule has 0 fully saturated rings. The number of aryl methyl sites for hydroxylation is 1. The van der Waals surface area contributed by atoms with Gasteiger partial charge in [-0.15, -0.1) is 0 Å². The second-order valence-electron chi connectivity index (χ2n) is 6.91. The molecular weight excluding hydrogens is 314 g/mol. The molecule has 0 radical (unpaired) electrons. The van der Waals surface area contributed by atoms with Crippen molar-refractivity contribution in [1.29, 1.82) is 0 Å². The lowest BCUT2D eigenvalue weighted by atomic mass is 9.90. The van der Waals surface area contributed by atoms with Crippen LogP contribution in [0.15, 0.2) is 18.2 Å². The van der Waals surface area contributed by atoms with Crippen LogP contribution in [0.3, 0.4) is 0 Å². The lowest BCUT2D eigenvalue weighted by molar-refractivity contribution is -0.488. The number of rotatable bonds is 3. The molecule has 0 spiro atoms. The van der Waals surface area contributed by atoms with E-state index < -0.39 is 34.6 Å². The smallest absolute Gasteiger partial charge is 0.408 e. The van der Waals surface area contributed by atoms with Crippen molar-refractivity contribution in [1.82, 2.24) is 5.32 Å². The highest BCUT2D eigenvalue weighted by atomic mass is 16.6. The molecule has 1 heterocycles. The van der Waals surface area contributed by atoms with Gasteiger partial charge in [-0.1, -0.05) is 17.7 Å². The molecule has 0 aliphatic carbocycles. The molecule has 2 amide bonds. The number of fused-ring (bicyclic) bond motifs is 1. The molecule has 1 aromatic rings. The number of hydrogen-bond acceptors (Lipinski definition) is 5. The Balaban J connectivity index is 2.52. The van der Waals surface area contributed by atoms with E-state index in [0.717, 1.165) is 5.56 Å². The first-order valence-electron chi connectivity index (χ1n) is 7.48. The van der Waals surface area contributed by atoms with E-state index in [1.165, 1.54) is 11.9 Å². The summed E-state index contributed by atoms with van der Waals surface area (Å²) in [7, 11) is 1.52. The molecule has 8 nitrogen and oxygen atoms in total. The Morgan fingerprint density at radius 3 is 2.58 bits per heavy atom. The van der Waals surface area contributed by atoms with Crippen molar-refractivity contribution in [3.05, 3.63) is 39.4 Å². The van der Waals surface area contributed by atoms with Crippen molar-refractivity contribution in [2.24, 2.45) is 0 Å². The fourth-order valence-corrected chi connectivity index (χ4v) is 2.78. The van der Waals surface area contributed by atoms with Crippen molar-refractivity contribution in [2.75, 3.05) is 18.5 Å². The van der Waals surface area contributed by atoms with Gasteiger partial charge in [-0.2, -0.15) is 0 Å². The van der Waals surface area contributed by atoms with Gasteiger partial charge in [0.05, 0.1) is 0 Å². The highest BCUT2D eigenvalue weighted by molar-refractivity contribution is 6.09. The summed E-state index contributed by atoms with van der Waals surface area (Å²) in [6.07, 6.45) is -0.875. The Morgan fingerprint density at radius 2 is 2.04 bits per heavy atom. The number of hydrogen-bond donors (Lipinski definition) is 1. The van der Waals surface area contributed by atoms with Gasteiger partial charge in [0.15, 0.2) is 0 Å². The van der Waals surface area contributed by atoms with E-state index in [2.05, 4.69) is 5.32 Å². The largest absolute Gasteiger partial charge is 0.444 e. The van der Waals surface area contributed by atoms with E-state index in [1.54, 1.807) is 39.0 Å². The Hall–Kier alpha value is -2.64. The number of carbonyl (C=O) groups is 2. The van der Waals surface area contributed by atoms with Crippen LogP contribution in [-0.4, -0.2) is 36.1 Å². The Bertz CT molecular complexity index is 710. The molecule has 1 aliphatic heterocycles. The summed E-state index contributed by atoms with van der Waals surface area (Å²) < 4.78 is 5.19. The molecule has 0 saturated heterocycles. The van der Waals surface area contributed by atoms with Crippen LogP contribution in [0, 0.1) is 17.0 Å². The number of likely N-dealkylation sites (N-methyl/N-ethyl adjacent to an activating group) is 1. The molecule has 0 unspecified atom stereocenters. The summed E-state index contributed by atoms with van der Waals surface area (Å²) >= 11 is 0. The lowest BCUT2D eigenvalue weighted by Gasteiger charge is -2.28. The van der Waals surface area contributed by atoms with E-state index in [0.29, 0.717) is 11.3 Å². The zero-order chi connectivity index (χ0) is 18.3. The Morgan fingerprint density at radius 1 is 1.42 bits per heavy atom. The molecule has 1 aliphatic rings. The third kappa shape index (κ3) is 3.17. The minimum absolute atomic E-state index is 0.401. The molecule has 130 valence electrons. The first-order valence-corrected chi connectivity index (χ1v) is 7.48. The normalized spacial score (nSPS) is 19.9. The minimum Gasteiger partial charge on any atom is -0.444 e. The topological polar surface area (TPSA) is 102 Å². The summed E-state index contributed by atoms with van der Waals surface area (Å²) in [5, 5.41) is 13.7.